The van der Waals surface area contributed by atoms with Crippen molar-refractivity contribution in [2.45, 2.75) is 56.1 Å². The largest absolute Gasteiger partial charge is 0.394 e. The van der Waals surface area contributed by atoms with E-state index in [4.69, 9.17) is 24.1 Å². The van der Waals surface area contributed by atoms with E-state index in [0.717, 1.165) is 0 Å². The SMILES string of the molecule is C[C@H]1[C@H](O)[C@@H](OCCO)[C@@H](OC[C@H]2[C@H](O)[C@@H](O)[C@@H](O)O[C@@H]2CO)O[C@@H]1CO. The van der Waals surface area contributed by atoms with Crippen LogP contribution < -0.4 is 0 Å². The smallest absolute Gasteiger partial charge is 0.186 e. The molecule has 0 aliphatic carbocycles. The lowest BCUT2D eigenvalue weighted by Crippen LogP contribution is -2.59. The lowest BCUT2D eigenvalue weighted by molar-refractivity contribution is -0.317. The van der Waals surface area contributed by atoms with Crippen LogP contribution in [-0.4, -0.2) is 118 Å². The molecule has 0 unspecified atom stereocenters. The Hall–Kier alpha value is -0.440. The van der Waals surface area contributed by atoms with Crippen LogP contribution >= 0.6 is 0 Å². The summed E-state index contributed by atoms with van der Waals surface area (Å²) < 4.78 is 21.7. The Morgan fingerprint density at radius 1 is 0.815 bits per heavy atom. The highest BCUT2D eigenvalue weighted by molar-refractivity contribution is 4.91. The van der Waals surface area contributed by atoms with Crippen molar-refractivity contribution in [3.8, 4) is 0 Å². The van der Waals surface area contributed by atoms with Crippen molar-refractivity contribution in [3.05, 3.63) is 0 Å². The first-order valence-electron chi connectivity index (χ1n) is 8.94. The zero-order chi connectivity index (χ0) is 20.1. The molecular formula is C16H30O11. The molecule has 10 atom stereocenters. The predicted octanol–water partition coefficient (Wildman–Crippen LogP) is -3.86. The average molecular weight is 398 g/mol. The summed E-state index contributed by atoms with van der Waals surface area (Å²) in [6.07, 6.45) is -9.48. The van der Waals surface area contributed by atoms with Crippen molar-refractivity contribution < 1.29 is 54.7 Å². The summed E-state index contributed by atoms with van der Waals surface area (Å²) in [4.78, 5) is 0. The van der Waals surface area contributed by atoms with Crippen molar-refractivity contribution in [1.82, 2.24) is 0 Å². The molecule has 0 amide bonds. The molecule has 2 aliphatic rings. The number of rotatable bonds is 8. The standard InChI is InChI=1S/C16H30O11/c1-7-9(4-18)27-16(14(11(7)20)24-3-2-17)25-6-8-10(5-19)26-15(23)13(22)12(8)21/h7-23H,2-6H2,1H3/t7-,8-,9-,10-,11+,12+,13-,14-,15+,16+/m1/s1. The van der Waals surface area contributed by atoms with E-state index in [1.165, 1.54) is 0 Å². The molecule has 27 heavy (non-hydrogen) atoms. The molecule has 2 fully saturated rings. The maximum absolute atomic E-state index is 10.4. The molecule has 0 saturated carbocycles. The molecule has 0 aromatic rings. The molecule has 0 spiro atoms. The van der Waals surface area contributed by atoms with Crippen LogP contribution in [-0.2, 0) is 18.9 Å². The molecule has 11 nitrogen and oxygen atoms in total. The fourth-order valence-corrected chi connectivity index (χ4v) is 3.36. The topological polar surface area (TPSA) is 179 Å². The van der Waals surface area contributed by atoms with Gasteiger partial charge in [0.05, 0.1) is 57.5 Å². The minimum Gasteiger partial charge on any atom is -0.394 e. The van der Waals surface area contributed by atoms with E-state index in [2.05, 4.69) is 0 Å². The first kappa shape index (κ1) is 22.8. The van der Waals surface area contributed by atoms with Gasteiger partial charge in [0.1, 0.15) is 12.2 Å². The van der Waals surface area contributed by atoms with Crippen LogP contribution in [0.2, 0.25) is 0 Å². The lowest BCUT2D eigenvalue weighted by Gasteiger charge is -2.44. The van der Waals surface area contributed by atoms with Gasteiger partial charge in [0.2, 0.25) is 0 Å². The van der Waals surface area contributed by atoms with Crippen LogP contribution in [0, 0.1) is 11.8 Å². The van der Waals surface area contributed by atoms with E-state index < -0.39 is 67.6 Å². The van der Waals surface area contributed by atoms with E-state index in [0.29, 0.717) is 0 Å². The van der Waals surface area contributed by atoms with Gasteiger partial charge in [0.15, 0.2) is 12.6 Å². The fraction of sp³-hybridized carbons (Fsp3) is 1.00. The summed E-state index contributed by atoms with van der Waals surface area (Å²) in [6, 6.07) is 0. The Kier molecular flexibility index (Phi) is 8.77. The van der Waals surface area contributed by atoms with Gasteiger partial charge in [0.25, 0.3) is 0 Å². The van der Waals surface area contributed by atoms with Crippen molar-refractivity contribution in [2.75, 3.05) is 33.0 Å². The maximum atomic E-state index is 10.4. The van der Waals surface area contributed by atoms with Crippen LogP contribution in [0.25, 0.3) is 0 Å². The van der Waals surface area contributed by atoms with E-state index in [1.54, 1.807) is 6.92 Å². The number of hydrogen-bond acceptors (Lipinski definition) is 11. The van der Waals surface area contributed by atoms with Crippen molar-refractivity contribution in [1.29, 1.82) is 0 Å². The van der Waals surface area contributed by atoms with Gasteiger partial charge in [-0.1, -0.05) is 6.92 Å². The Labute approximate surface area is 156 Å². The second-order valence-electron chi connectivity index (χ2n) is 6.86. The fourth-order valence-electron chi connectivity index (χ4n) is 3.36. The first-order chi connectivity index (χ1) is 12.8. The van der Waals surface area contributed by atoms with Crippen molar-refractivity contribution in [2.24, 2.45) is 11.8 Å². The predicted molar refractivity (Wildman–Crippen MR) is 87.2 cm³/mol. The molecule has 2 aliphatic heterocycles. The van der Waals surface area contributed by atoms with Gasteiger partial charge in [-0.25, -0.2) is 0 Å². The molecule has 0 bridgehead atoms. The van der Waals surface area contributed by atoms with Gasteiger partial charge in [-0.15, -0.1) is 0 Å². The third kappa shape index (κ3) is 5.14. The summed E-state index contributed by atoms with van der Waals surface area (Å²) in [5.74, 6) is -1.34. The summed E-state index contributed by atoms with van der Waals surface area (Å²) in [5.41, 5.74) is 0. The number of aliphatic hydroxyl groups excluding tert-OH is 7. The molecular weight excluding hydrogens is 368 g/mol. The molecule has 7 N–H and O–H groups in total. The molecule has 0 radical (unpaired) electrons. The van der Waals surface area contributed by atoms with Crippen LogP contribution in [0.15, 0.2) is 0 Å². The molecule has 160 valence electrons. The lowest BCUT2D eigenvalue weighted by atomic mass is 9.89. The zero-order valence-corrected chi connectivity index (χ0v) is 15.1. The molecule has 2 rings (SSSR count). The van der Waals surface area contributed by atoms with Gasteiger partial charge in [-0.05, 0) is 0 Å². The zero-order valence-electron chi connectivity index (χ0n) is 15.1. The number of hydrogen-bond donors (Lipinski definition) is 7. The minimum absolute atomic E-state index is 0.0687. The van der Waals surface area contributed by atoms with Gasteiger partial charge in [-0.2, -0.15) is 0 Å². The molecule has 2 saturated heterocycles. The quantitative estimate of drug-likeness (QED) is 0.213. The van der Waals surface area contributed by atoms with Crippen LogP contribution in [0.4, 0.5) is 0 Å². The molecule has 0 aromatic carbocycles. The Balaban J connectivity index is 2.07. The first-order valence-corrected chi connectivity index (χ1v) is 8.94. The molecule has 2 heterocycles. The third-order valence-corrected chi connectivity index (χ3v) is 5.13. The Morgan fingerprint density at radius 3 is 2.07 bits per heavy atom. The molecule has 0 aromatic heterocycles. The Bertz CT molecular complexity index is 437. The van der Waals surface area contributed by atoms with E-state index >= 15 is 0 Å². The van der Waals surface area contributed by atoms with Crippen LogP contribution in [0.3, 0.4) is 0 Å². The monoisotopic (exact) mass is 398 g/mol. The summed E-state index contributed by atoms with van der Waals surface area (Å²) in [5, 5.41) is 67.7. The Morgan fingerprint density at radius 2 is 1.48 bits per heavy atom. The van der Waals surface area contributed by atoms with Gasteiger partial charge in [0, 0.05) is 11.8 Å². The number of aliphatic hydroxyl groups is 7. The van der Waals surface area contributed by atoms with Gasteiger partial charge >= 0.3 is 0 Å². The summed E-state index contributed by atoms with van der Waals surface area (Å²) in [6.45, 7) is 0.197. The summed E-state index contributed by atoms with van der Waals surface area (Å²) >= 11 is 0. The highest BCUT2D eigenvalue weighted by Crippen LogP contribution is 2.31. The molecule has 11 heteroatoms. The maximum Gasteiger partial charge on any atom is 0.186 e. The second-order valence-corrected chi connectivity index (χ2v) is 6.86. The van der Waals surface area contributed by atoms with E-state index in [1.807, 2.05) is 0 Å². The highest BCUT2D eigenvalue weighted by atomic mass is 16.7. The normalized spacial score (nSPS) is 45.8. The van der Waals surface area contributed by atoms with E-state index in [9.17, 15) is 30.6 Å². The van der Waals surface area contributed by atoms with Crippen LogP contribution in [0.1, 0.15) is 6.92 Å². The number of ether oxygens (including phenoxy) is 4. The second kappa shape index (κ2) is 10.4. The van der Waals surface area contributed by atoms with Gasteiger partial charge in [-0.3, -0.25) is 0 Å². The van der Waals surface area contributed by atoms with Crippen molar-refractivity contribution in [3.63, 3.8) is 0 Å². The summed E-state index contributed by atoms with van der Waals surface area (Å²) in [7, 11) is 0. The minimum atomic E-state index is -1.64. The van der Waals surface area contributed by atoms with Crippen molar-refractivity contribution >= 4 is 0 Å². The van der Waals surface area contributed by atoms with Gasteiger partial charge < -0.3 is 54.7 Å². The van der Waals surface area contributed by atoms with Crippen LogP contribution in [0.5, 0.6) is 0 Å². The third-order valence-electron chi connectivity index (χ3n) is 5.13. The van der Waals surface area contributed by atoms with E-state index in [-0.39, 0.29) is 26.4 Å². The highest BCUT2D eigenvalue weighted by Gasteiger charge is 2.47. The average Bonchev–Trinajstić information content (AvgIpc) is 2.66.